The fourth-order valence-corrected chi connectivity index (χ4v) is 12.5. The van der Waals surface area contributed by atoms with Crippen LogP contribution in [-0.2, 0) is 83.5 Å². The molecule has 0 unspecified atom stereocenters. The highest BCUT2D eigenvalue weighted by molar-refractivity contribution is 6.31. The van der Waals surface area contributed by atoms with Crippen LogP contribution in [0.1, 0.15) is 134 Å². The SMILES string of the molecule is C[C@@H](Nc1ncnc2c1CN(Cc1ccccc1)CC2)c1ccc(C(F)(F)F)nc1.C[C@@H](Nc1ncnc2c1CN(c1ccc(Cl)cc1C#N)CC2)c1ccc(C(F)(F)F)nc1.C[C@@H](Nc1ncnc2c1CNCC2)c1ccc(C(F)(F)F)nc1.Clc1ncnc2c1CN(Cc1ccccc1)CC2. The van der Waals surface area contributed by atoms with Gasteiger partial charge in [-0.15, -0.1) is 0 Å². The Balaban J connectivity index is 0.000000141. The second kappa shape index (κ2) is 33.4. The second-order valence-corrected chi connectivity index (χ2v) is 25.6. The van der Waals surface area contributed by atoms with Crippen molar-refractivity contribution < 1.29 is 39.5 Å². The topological polar surface area (TPSA) is 223 Å². The van der Waals surface area contributed by atoms with Crippen molar-refractivity contribution in [3.63, 3.8) is 0 Å². The molecule has 0 fully saturated rings. The van der Waals surface area contributed by atoms with Crippen molar-refractivity contribution in [2.45, 2.75) is 122 Å². The third kappa shape index (κ3) is 19.6. The molecule has 0 saturated heterocycles. The van der Waals surface area contributed by atoms with Crippen molar-refractivity contribution in [2.75, 3.05) is 47.0 Å². The van der Waals surface area contributed by atoms with Gasteiger partial charge < -0.3 is 26.2 Å². The molecule has 7 aromatic heterocycles. The van der Waals surface area contributed by atoms with E-state index in [-0.39, 0.29) is 18.1 Å². The molecule has 4 aliphatic heterocycles. The first-order valence-corrected chi connectivity index (χ1v) is 33.7. The van der Waals surface area contributed by atoms with Crippen LogP contribution in [0.25, 0.3) is 0 Å². The third-order valence-electron chi connectivity index (χ3n) is 17.7. The number of hydrogen-bond donors (Lipinski definition) is 4. The molecule has 3 aromatic carbocycles. The number of halogens is 11. The maximum atomic E-state index is 12.8. The Morgan fingerprint density at radius 3 is 1.31 bits per heavy atom. The molecule has 4 N–H and O–H groups in total. The van der Waals surface area contributed by atoms with E-state index in [1.807, 2.05) is 51.1 Å². The van der Waals surface area contributed by atoms with Crippen molar-refractivity contribution in [1.82, 2.24) is 69.9 Å². The van der Waals surface area contributed by atoms with Crippen LogP contribution in [-0.4, -0.2) is 90.8 Å². The Labute approximate surface area is 598 Å². The number of fused-ring (bicyclic) bond motifs is 4. The molecule has 0 spiro atoms. The predicted molar refractivity (Wildman–Crippen MR) is 372 cm³/mol. The first-order valence-electron chi connectivity index (χ1n) is 33.0. The summed E-state index contributed by atoms with van der Waals surface area (Å²) in [5.41, 5.74) is 11.0. The molecule has 0 aliphatic carbocycles. The summed E-state index contributed by atoms with van der Waals surface area (Å²) in [6.07, 6.45) is -0.292. The van der Waals surface area contributed by atoms with Gasteiger partial charge in [0.25, 0.3) is 0 Å². The Morgan fingerprint density at radius 2 is 0.874 bits per heavy atom. The zero-order valence-corrected chi connectivity index (χ0v) is 57.5. The van der Waals surface area contributed by atoms with E-state index in [9.17, 15) is 44.8 Å². The molecule has 30 heteroatoms. The minimum Gasteiger partial charge on any atom is -0.366 e. The van der Waals surface area contributed by atoms with Crippen LogP contribution in [0.3, 0.4) is 0 Å². The molecular weight excluding hydrogens is 1380 g/mol. The summed E-state index contributed by atoms with van der Waals surface area (Å²) in [6, 6.07) is 34.6. The molecule has 11 heterocycles. The molecule has 0 radical (unpaired) electrons. The summed E-state index contributed by atoms with van der Waals surface area (Å²) >= 11 is 12.2. The number of hydrogen-bond acceptors (Lipinski definition) is 19. The smallest absolute Gasteiger partial charge is 0.366 e. The standard InChI is InChI=1S/C22H18ClF3N6.C22H22F3N5.C15H16F3N5.C14H14ClN3/c1-13(14-2-5-20(28-10-14)22(24,25)26)31-21-17-11-32(7-6-18(17)29-12-30-21)19-4-3-16(23)8-15(19)9-27;1-15(17-7-8-20(26-11-17)22(23,24)25)29-21-18-13-30(10-9-19(18)27-14-28-21)12-16-5-3-2-4-6-16;1-9(10-2-3-13(20-6-10)15(16,17)18)23-14-11-7-19-5-4-12(11)21-8-22-14;15-14-12-9-18(7-6-13(12)16-10-17-14)8-11-4-2-1-3-5-11/h2-5,8,10,12-13H,6-7,11H2,1H3,(H,29,30,31);2-8,11,14-15H,9-10,12-13H2,1H3,(H,27,28,29);2-3,6,8-9,19H,4-5,7H2,1H3,(H,21,22,23);1-5,10H,6-9H2/t13-;15-;9-;/m111./s1. The molecule has 0 saturated carbocycles. The summed E-state index contributed by atoms with van der Waals surface area (Å²) in [5.74, 6) is 2.01. The number of rotatable bonds is 14. The fourth-order valence-electron chi connectivity index (χ4n) is 12.1. The second-order valence-electron chi connectivity index (χ2n) is 24.8. The predicted octanol–water partition coefficient (Wildman–Crippen LogP) is 15.2. The fraction of sp³-hybridized carbons (Fsp3) is 0.315. The van der Waals surface area contributed by atoms with Gasteiger partial charge in [0.05, 0.1) is 52.2 Å². The summed E-state index contributed by atoms with van der Waals surface area (Å²) < 4.78 is 114. The lowest BCUT2D eigenvalue weighted by Crippen LogP contribution is -2.32. The normalized spacial score (nSPS) is 15.2. The molecule has 0 amide bonds. The van der Waals surface area contributed by atoms with Crippen molar-refractivity contribution in [3.05, 3.63) is 265 Å². The average Bonchev–Trinajstić information content (AvgIpc) is 0.807. The molecule has 0 bridgehead atoms. The summed E-state index contributed by atoms with van der Waals surface area (Å²) in [6.45, 7) is 13.5. The van der Waals surface area contributed by atoms with Gasteiger partial charge in [0, 0.05) is 137 Å². The number of aromatic nitrogens is 11. The summed E-state index contributed by atoms with van der Waals surface area (Å²) in [4.78, 5) is 51.8. The van der Waals surface area contributed by atoms with Crippen LogP contribution in [0.5, 0.6) is 0 Å². The monoisotopic (exact) mass is 1450 g/mol. The summed E-state index contributed by atoms with van der Waals surface area (Å²) in [5, 5.41) is 23.7. The number of anilines is 4. The first kappa shape index (κ1) is 74.1. The van der Waals surface area contributed by atoms with Crippen molar-refractivity contribution in [1.29, 1.82) is 5.26 Å². The van der Waals surface area contributed by atoms with E-state index in [4.69, 9.17) is 23.2 Å². The molecule has 534 valence electrons. The molecular formula is C73H70Cl2F9N19. The minimum absolute atomic E-state index is 0.217. The Morgan fingerprint density at radius 1 is 0.466 bits per heavy atom. The van der Waals surface area contributed by atoms with E-state index in [0.717, 1.165) is 127 Å². The largest absolute Gasteiger partial charge is 0.433 e. The zero-order valence-electron chi connectivity index (χ0n) is 56.0. The number of alkyl halides is 9. The lowest BCUT2D eigenvalue weighted by molar-refractivity contribution is -0.142. The Hall–Kier alpha value is -10.1. The first-order chi connectivity index (χ1) is 49.4. The Kier molecular flexibility index (Phi) is 24.0. The number of nitrogens with one attached hydrogen (secondary N) is 4. The Bertz CT molecular complexity index is 4520. The van der Waals surface area contributed by atoms with Crippen LogP contribution in [0.4, 0.5) is 62.7 Å². The molecule has 103 heavy (non-hydrogen) atoms. The van der Waals surface area contributed by atoms with E-state index >= 15 is 0 Å². The average molecular weight is 1460 g/mol. The van der Waals surface area contributed by atoms with Gasteiger partial charge in [-0.3, -0.25) is 24.8 Å². The highest BCUT2D eigenvalue weighted by Gasteiger charge is 2.35. The summed E-state index contributed by atoms with van der Waals surface area (Å²) in [7, 11) is 0. The van der Waals surface area contributed by atoms with Gasteiger partial charge in [-0.05, 0) is 85.0 Å². The van der Waals surface area contributed by atoms with Crippen LogP contribution >= 0.6 is 23.2 Å². The van der Waals surface area contributed by atoms with Gasteiger partial charge in [-0.25, -0.2) is 39.9 Å². The third-order valence-corrected chi connectivity index (χ3v) is 18.3. The van der Waals surface area contributed by atoms with Crippen LogP contribution in [0, 0.1) is 11.3 Å². The zero-order chi connectivity index (χ0) is 72.8. The van der Waals surface area contributed by atoms with Gasteiger partial charge in [-0.2, -0.15) is 44.8 Å². The lowest BCUT2D eigenvalue weighted by Gasteiger charge is -2.32. The van der Waals surface area contributed by atoms with Gasteiger partial charge in [0.2, 0.25) is 0 Å². The van der Waals surface area contributed by atoms with Gasteiger partial charge in [0.15, 0.2) is 0 Å². The number of pyridine rings is 3. The van der Waals surface area contributed by atoms with Gasteiger partial charge in [-0.1, -0.05) is 102 Å². The molecule has 3 atom stereocenters. The highest BCUT2D eigenvalue weighted by Crippen LogP contribution is 2.36. The minimum atomic E-state index is -4.48. The van der Waals surface area contributed by atoms with Crippen molar-refractivity contribution >= 4 is 46.3 Å². The van der Waals surface area contributed by atoms with Crippen LogP contribution in [0.2, 0.25) is 10.2 Å². The quantitative estimate of drug-likeness (QED) is 0.0587. The van der Waals surface area contributed by atoms with E-state index in [1.165, 1.54) is 66.9 Å². The van der Waals surface area contributed by atoms with Crippen molar-refractivity contribution in [3.8, 4) is 6.07 Å². The number of benzene rings is 3. The van der Waals surface area contributed by atoms with Crippen molar-refractivity contribution in [2.24, 2.45) is 0 Å². The lowest BCUT2D eigenvalue weighted by atomic mass is 10.0. The molecule has 10 aromatic rings. The van der Waals surface area contributed by atoms with Crippen LogP contribution < -0.4 is 26.2 Å². The molecule has 19 nitrogen and oxygen atoms in total. The van der Waals surface area contributed by atoms with Gasteiger partial charge >= 0.3 is 18.5 Å². The van der Waals surface area contributed by atoms with Crippen LogP contribution in [0.15, 0.2) is 159 Å². The van der Waals surface area contributed by atoms with E-state index < -0.39 is 35.6 Å². The molecule has 4 aliphatic rings. The number of nitriles is 1. The maximum absolute atomic E-state index is 12.8. The van der Waals surface area contributed by atoms with Gasteiger partial charge in [0.1, 0.15) is 71.1 Å². The molecule has 14 rings (SSSR count). The number of nitrogens with zero attached hydrogens (tertiary/aromatic N) is 15. The maximum Gasteiger partial charge on any atom is 0.433 e. The highest BCUT2D eigenvalue weighted by atomic mass is 35.5. The van der Waals surface area contributed by atoms with E-state index in [1.54, 1.807) is 18.5 Å². The van der Waals surface area contributed by atoms with E-state index in [0.29, 0.717) is 82.5 Å². The van der Waals surface area contributed by atoms with E-state index in [2.05, 4.69) is 133 Å².